The molecule has 2 heterocycles. The van der Waals surface area contributed by atoms with Gasteiger partial charge in [-0.2, -0.15) is 0 Å². The van der Waals surface area contributed by atoms with Crippen LogP contribution in [0.5, 0.6) is 23.0 Å². The molecule has 5 aromatic rings. The average Bonchev–Trinajstić information content (AvgIpc) is 3.38. The van der Waals surface area contributed by atoms with Crippen LogP contribution in [0.4, 0.5) is 0 Å². The van der Waals surface area contributed by atoms with Crippen LogP contribution < -0.4 is 33.8 Å². The molecule has 0 fully saturated rings. The summed E-state index contributed by atoms with van der Waals surface area (Å²) in [5.41, 5.74) is 3.15. The van der Waals surface area contributed by atoms with Crippen LogP contribution in [0.3, 0.4) is 0 Å². The normalized spacial score (nSPS) is 14.3. The maximum absolute atomic E-state index is 14.1. The van der Waals surface area contributed by atoms with Crippen molar-refractivity contribution < 1.29 is 23.7 Å². The summed E-state index contributed by atoms with van der Waals surface area (Å²) >= 11 is 1.27. The lowest BCUT2D eigenvalue weighted by Crippen LogP contribution is -2.40. The Morgan fingerprint density at radius 2 is 1.51 bits per heavy atom. The fourth-order valence-corrected chi connectivity index (χ4v) is 6.41. The number of carbonyl (C=O) groups is 1. The van der Waals surface area contributed by atoms with Crippen LogP contribution in [0.1, 0.15) is 36.6 Å². The number of fused-ring (bicyclic) bond motifs is 1. The molecule has 0 saturated carbocycles. The minimum atomic E-state index is -0.706. The monoisotopic (exact) mass is 646 g/mol. The first-order valence-corrected chi connectivity index (χ1v) is 16.2. The number of aromatic nitrogens is 1. The highest BCUT2D eigenvalue weighted by molar-refractivity contribution is 7.07. The molecule has 6 rings (SSSR count). The van der Waals surface area contributed by atoms with E-state index in [4.69, 9.17) is 23.9 Å². The van der Waals surface area contributed by atoms with Gasteiger partial charge in [0.1, 0.15) is 24.7 Å². The second kappa shape index (κ2) is 14.3. The topological polar surface area (TPSA) is 88.4 Å². The zero-order valence-electron chi connectivity index (χ0n) is 26.3. The quantitative estimate of drug-likeness (QED) is 0.0994. The van der Waals surface area contributed by atoms with Gasteiger partial charge in [-0.1, -0.05) is 84.1 Å². The minimum Gasteiger partial charge on any atom is -0.490 e. The molecule has 1 atom stereocenters. The van der Waals surface area contributed by atoms with E-state index in [1.54, 1.807) is 41.8 Å². The maximum atomic E-state index is 14.1. The molecule has 0 radical (unpaired) electrons. The molecule has 238 valence electrons. The smallest absolute Gasteiger partial charge is 0.343 e. The molecular weight excluding hydrogens is 612 g/mol. The number of esters is 1. The molecular formula is C38H34N2O6S. The van der Waals surface area contributed by atoms with Crippen molar-refractivity contribution in [3.05, 3.63) is 151 Å². The fourth-order valence-electron chi connectivity index (χ4n) is 5.36. The number of aryl methyl sites for hydroxylation is 1. The van der Waals surface area contributed by atoms with Crippen LogP contribution >= 0.6 is 11.3 Å². The van der Waals surface area contributed by atoms with Gasteiger partial charge < -0.3 is 18.9 Å². The fraction of sp³-hybridized carbons (Fsp3) is 0.184. The van der Waals surface area contributed by atoms with E-state index in [9.17, 15) is 9.59 Å². The summed E-state index contributed by atoms with van der Waals surface area (Å²) < 4.78 is 25.6. The van der Waals surface area contributed by atoms with Gasteiger partial charge in [0.15, 0.2) is 16.3 Å². The zero-order valence-corrected chi connectivity index (χ0v) is 27.2. The lowest BCUT2D eigenvalue weighted by Gasteiger charge is -2.24. The van der Waals surface area contributed by atoms with Gasteiger partial charge >= 0.3 is 5.97 Å². The van der Waals surface area contributed by atoms with Gasteiger partial charge in [-0.3, -0.25) is 9.36 Å². The van der Waals surface area contributed by atoms with Crippen molar-refractivity contribution in [2.45, 2.75) is 26.8 Å². The molecule has 0 aliphatic carbocycles. The molecule has 4 aromatic carbocycles. The number of nitrogens with zero attached hydrogens (tertiary/aromatic N) is 2. The minimum absolute atomic E-state index is 0.258. The maximum Gasteiger partial charge on any atom is 0.343 e. The van der Waals surface area contributed by atoms with Crippen molar-refractivity contribution >= 4 is 23.4 Å². The number of ether oxygens (including phenoxy) is 4. The van der Waals surface area contributed by atoms with Gasteiger partial charge in [-0.05, 0) is 73.9 Å². The van der Waals surface area contributed by atoms with Crippen LogP contribution in [0, 0.1) is 6.92 Å². The second-order valence-corrected chi connectivity index (χ2v) is 11.8. The average molecular weight is 647 g/mol. The Kier molecular flexibility index (Phi) is 9.64. The molecule has 0 amide bonds. The van der Waals surface area contributed by atoms with Crippen molar-refractivity contribution in [1.29, 1.82) is 0 Å². The van der Waals surface area contributed by atoms with E-state index in [0.717, 1.165) is 22.4 Å². The van der Waals surface area contributed by atoms with Gasteiger partial charge in [-0.15, -0.1) is 0 Å². The van der Waals surface area contributed by atoms with E-state index >= 15 is 0 Å². The highest BCUT2D eigenvalue weighted by atomic mass is 32.1. The predicted octanol–water partition coefficient (Wildman–Crippen LogP) is 6.01. The first-order valence-electron chi connectivity index (χ1n) is 15.4. The summed E-state index contributed by atoms with van der Waals surface area (Å²) in [7, 11) is 0. The van der Waals surface area contributed by atoms with Crippen molar-refractivity contribution in [2.24, 2.45) is 4.99 Å². The first kappa shape index (κ1) is 31.6. The number of para-hydroxylation sites is 2. The van der Waals surface area contributed by atoms with E-state index in [1.807, 2.05) is 92.7 Å². The Morgan fingerprint density at radius 3 is 2.23 bits per heavy atom. The molecule has 0 N–H and O–H groups in total. The molecule has 0 bridgehead atoms. The number of allylic oxidation sites excluding steroid dienone is 1. The second-order valence-electron chi connectivity index (χ2n) is 10.8. The first-order chi connectivity index (χ1) is 22.9. The number of rotatable bonds is 11. The van der Waals surface area contributed by atoms with Crippen molar-refractivity contribution in [2.75, 3.05) is 19.8 Å². The van der Waals surface area contributed by atoms with Gasteiger partial charge in [-0.25, -0.2) is 9.79 Å². The molecule has 8 nitrogen and oxygen atoms in total. The summed E-state index contributed by atoms with van der Waals surface area (Å²) in [4.78, 5) is 32.9. The number of thiazole rings is 1. The van der Waals surface area contributed by atoms with Crippen LogP contribution in [0.25, 0.3) is 6.08 Å². The molecule has 1 aliphatic rings. The summed E-state index contributed by atoms with van der Waals surface area (Å²) in [6.45, 7) is 6.83. The third kappa shape index (κ3) is 7.05. The Balaban J connectivity index is 1.30. The standard InChI is InChI=1S/C38H34N2O6S/c1-4-43-32-23-27(19-20-31(32)45-22-21-44-30-18-12-11-13-25(30)2)24-33-36(41)40-35(28-14-7-5-8-15-28)34(26(3)39-38(40)47-33)37(42)46-29-16-9-6-10-17-29/h5-20,23-24,35H,4,21-22H2,1-3H3/b33-24-/t35-/m1/s1. The number of hydrogen-bond donors (Lipinski definition) is 0. The Bertz CT molecular complexity index is 2100. The summed E-state index contributed by atoms with van der Waals surface area (Å²) in [5.74, 6) is 1.83. The highest BCUT2D eigenvalue weighted by Gasteiger charge is 2.33. The van der Waals surface area contributed by atoms with Crippen molar-refractivity contribution in [1.82, 2.24) is 4.57 Å². The van der Waals surface area contributed by atoms with E-state index in [0.29, 0.717) is 57.7 Å². The van der Waals surface area contributed by atoms with Crippen LogP contribution in [-0.4, -0.2) is 30.4 Å². The zero-order chi connectivity index (χ0) is 32.8. The Morgan fingerprint density at radius 1 is 0.830 bits per heavy atom. The molecule has 0 spiro atoms. The highest BCUT2D eigenvalue weighted by Crippen LogP contribution is 2.32. The van der Waals surface area contributed by atoms with Gasteiger partial charge in [0.25, 0.3) is 5.56 Å². The van der Waals surface area contributed by atoms with Crippen molar-refractivity contribution in [3.8, 4) is 23.0 Å². The predicted molar refractivity (Wildman–Crippen MR) is 182 cm³/mol. The molecule has 9 heteroatoms. The van der Waals surface area contributed by atoms with Crippen LogP contribution in [0.15, 0.2) is 124 Å². The van der Waals surface area contributed by atoms with E-state index in [2.05, 4.69) is 0 Å². The molecule has 47 heavy (non-hydrogen) atoms. The lowest BCUT2D eigenvalue weighted by atomic mass is 9.96. The largest absolute Gasteiger partial charge is 0.490 e. The van der Waals surface area contributed by atoms with Gasteiger partial charge in [0.2, 0.25) is 0 Å². The third-order valence-electron chi connectivity index (χ3n) is 7.57. The van der Waals surface area contributed by atoms with Crippen molar-refractivity contribution in [3.63, 3.8) is 0 Å². The van der Waals surface area contributed by atoms with Crippen LogP contribution in [0.2, 0.25) is 0 Å². The lowest BCUT2D eigenvalue weighted by molar-refractivity contribution is -0.130. The Labute approximate surface area is 276 Å². The SMILES string of the molecule is CCOc1cc(/C=c2\sc3n(c2=O)[C@H](c2ccccc2)C(C(=O)Oc2ccccc2)=C(C)N=3)ccc1OCCOc1ccccc1C. The molecule has 0 unspecified atom stereocenters. The number of carbonyl (C=O) groups excluding carboxylic acids is 1. The van der Waals surface area contributed by atoms with Gasteiger partial charge in [0.05, 0.1) is 28.5 Å². The summed E-state index contributed by atoms with van der Waals surface area (Å²) in [6, 6.07) is 31.0. The van der Waals surface area contributed by atoms with E-state index in [-0.39, 0.29) is 5.56 Å². The molecule has 1 aromatic heterocycles. The van der Waals surface area contributed by atoms with E-state index in [1.165, 1.54) is 11.3 Å². The third-order valence-corrected chi connectivity index (χ3v) is 8.55. The van der Waals surface area contributed by atoms with Crippen LogP contribution in [-0.2, 0) is 4.79 Å². The van der Waals surface area contributed by atoms with E-state index < -0.39 is 12.0 Å². The summed E-state index contributed by atoms with van der Waals surface area (Å²) in [6.07, 6.45) is 1.81. The number of hydrogen-bond acceptors (Lipinski definition) is 8. The van der Waals surface area contributed by atoms with Gasteiger partial charge in [0, 0.05) is 0 Å². The summed E-state index contributed by atoms with van der Waals surface area (Å²) in [5, 5.41) is 0. The molecule has 0 saturated heterocycles. The Hall–Kier alpha value is -5.41. The number of benzene rings is 4. The molecule has 1 aliphatic heterocycles.